The van der Waals surface area contributed by atoms with Crippen molar-refractivity contribution in [3.8, 4) is 0 Å². The summed E-state index contributed by atoms with van der Waals surface area (Å²) < 4.78 is 0. The van der Waals surface area contributed by atoms with Crippen LogP contribution in [0.5, 0.6) is 0 Å². The van der Waals surface area contributed by atoms with Gasteiger partial charge in [-0.25, -0.2) is 15.0 Å². The lowest BCUT2D eigenvalue weighted by Gasteiger charge is -1.93. The first-order chi connectivity index (χ1) is 9.31. The summed E-state index contributed by atoms with van der Waals surface area (Å²) in [6.07, 6.45) is 8.78. The monoisotopic (exact) mass is 254 g/mol. The molecule has 0 unspecified atom stereocenters. The van der Waals surface area contributed by atoms with Crippen LogP contribution in [0.3, 0.4) is 0 Å². The fourth-order valence-corrected chi connectivity index (χ4v) is 2.09. The predicted octanol–water partition coefficient (Wildman–Crippen LogP) is 2.51. The number of allylic oxidation sites excluding steroid dienone is 1. The molecule has 0 bridgehead atoms. The first-order valence-corrected chi connectivity index (χ1v) is 6.40. The number of hydrogen-bond acceptors (Lipinski definition) is 3. The topological polar surface area (TPSA) is 71.0 Å². The molecule has 0 saturated carbocycles. The van der Waals surface area contributed by atoms with E-state index in [0.29, 0.717) is 6.42 Å². The molecule has 5 heteroatoms. The fourth-order valence-electron chi connectivity index (χ4n) is 2.09. The Morgan fingerprint density at radius 3 is 3.00 bits per heavy atom. The van der Waals surface area contributed by atoms with E-state index in [4.69, 9.17) is 0 Å². The molecule has 0 fully saturated rings. The van der Waals surface area contributed by atoms with E-state index in [1.54, 1.807) is 6.20 Å². The predicted molar refractivity (Wildman–Crippen MR) is 73.8 cm³/mol. The summed E-state index contributed by atoms with van der Waals surface area (Å²) in [6.45, 7) is 0. The molecule has 2 aromatic heterocycles. The van der Waals surface area contributed by atoms with Gasteiger partial charge in [-0.2, -0.15) is 0 Å². The second-order valence-electron chi connectivity index (χ2n) is 4.53. The van der Waals surface area contributed by atoms with Gasteiger partial charge in [-0.1, -0.05) is 0 Å². The van der Waals surface area contributed by atoms with Crippen molar-refractivity contribution in [2.75, 3.05) is 0 Å². The van der Waals surface area contributed by atoms with Gasteiger partial charge < -0.3 is 4.98 Å². The molecular formula is C14H14N4O. The molecule has 0 aromatic carbocycles. The summed E-state index contributed by atoms with van der Waals surface area (Å²) in [5.41, 5.74) is 2.43. The van der Waals surface area contributed by atoms with E-state index in [2.05, 4.69) is 19.9 Å². The maximum Gasteiger partial charge on any atom is 0.245 e. The van der Waals surface area contributed by atoms with Crippen LogP contribution in [-0.2, 0) is 4.79 Å². The highest BCUT2D eigenvalue weighted by atomic mass is 16.1. The van der Waals surface area contributed by atoms with E-state index >= 15 is 0 Å². The van der Waals surface area contributed by atoms with Crippen molar-refractivity contribution < 1.29 is 4.79 Å². The molecule has 1 aliphatic rings. The summed E-state index contributed by atoms with van der Waals surface area (Å²) in [7, 11) is 0. The third-order valence-corrected chi connectivity index (χ3v) is 3.05. The molecule has 0 saturated heterocycles. The summed E-state index contributed by atoms with van der Waals surface area (Å²) >= 11 is 0. The van der Waals surface area contributed by atoms with E-state index in [-0.39, 0.29) is 5.91 Å². The zero-order chi connectivity index (χ0) is 13.1. The van der Waals surface area contributed by atoms with Gasteiger partial charge in [0.2, 0.25) is 5.91 Å². The van der Waals surface area contributed by atoms with Crippen LogP contribution in [0.4, 0.5) is 0 Å². The molecule has 0 atom stereocenters. The minimum atomic E-state index is -0.0246. The number of nitrogens with zero attached hydrogens (tertiary/aromatic N) is 3. The van der Waals surface area contributed by atoms with Crippen LogP contribution in [0, 0.1) is 0 Å². The zero-order valence-corrected chi connectivity index (χ0v) is 10.5. The lowest BCUT2D eigenvalue weighted by Crippen LogP contribution is -1.95. The normalized spacial score (nSPS) is 16.8. The van der Waals surface area contributed by atoms with Crippen LogP contribution >= 0.6 is 0 Å². The smallest absolute Gasteiger partial charge is 0.245 e. The van der Waals surface area contributed by atoms with E-state index in [9.17, 15) is 4.79 Å². The number of H-pyrrole nitrogens is 1. The number of amides is 1. The molecule has 5 nitrogen and oxygen atoms in total. The van der Waals surface area contributed by atoms with Gasteiger partial charge in [0.25, 0.3) is 0 Å². The third-order valence-electron chi connectivity index (χ3n) is 3.05. The van der Waals surface area contributed by atoms with Crippen LogP contribution in [0.1, 0.15) is 31.5 Å². The number of aromatic nitrogens is 3. The average molecular weight is 254 g/mol. The molecule has 96 valence electrons. The van der Waals surface area contributed by atoms with Crippen molar-refractivity contribution in [3.63, 3.8) is 0 Å². The summed E-state index contributed by atoms with van der Waals surface area (Å²) in [5.74, 6) is 0.705. The van der Waals surface area contributed by atoms with Crippen molar-refractivity contribution in [2.45, 2.75) is 25.7 Å². The van der Waals surface area contributed by atoms with Gasteiger partial charge in [0.15, 0.2) is 5.65 Å². The Hall–Kier alpha value is -2.30. The van der Waals surface area contributed by atoms with E-state index < -0.39 is 0 Å². The standard InChI is InChI=1S/C14H14N4O/c19-13-6-2-1-4-10(16-13)7-8-12-17-11-5-3-9-15-14(11)18-12/h3,5,7-9H,1-2,4,6H2,(H,15,17,18). The van der Waals surface area contributed by atoms with Crippen molar-refractivity contribution in [1.29, 1.82) is 0 Å². The lowest BCUT2D eigenvalue weighted by atomic mass is 10.1. The number of pyridine rings is 1. The van der Waals surface area contributed by atoms with Gasteiger partial charge in [-0.05, 0) is 43.5 Å². The van der Waals surface area contributed by atoms with Crippen LogP contribution in [0.2, 0.25) is 0 Å². The Morgan fingerprint density at radius 2 is 2.11 bits per heavy atom. The maximum atomic E-state index is 11.4. The van der Waals surface area contributed by atoms with Gasteiger partial charge in [0, 0.05) is 18.3 Å². The van der Waals surface area contributed by atoms with Gasteiger partial charge >= 0.3 is 0 Å². The fraction of sp³-hybridized carbons (Fsp3) is 0.286. The van der Waals surface area contributed by atoms with Crippen molar-refractivity contribution >= 4 is 28.9 Å². The number of fused-ring (bicyclic) bond motifs is 1. The third kappa shape index (κ3) is 2.76. The number of nitrogens with one attached hydrogen (secondary N) is 1. The first kappa shape index (κ1) is 11.8. The molecule has 1 amide bonds. The Kier molecular flexibility index (Phi) is 3.18. The Morgan fingerprint density at radius 1 is 1.21 bits per heavy atom. The van der Waals surface area contributed by atoms with Crippen LogP contribution in [-0.4, -0.2) is 26.6 Å². The van der Waals surface area contributed by atoms with Gasteiger partial charge in [0.1, 0.15) is 11.3 Å². The zero-order valence-electron chi connectivity index (χ0n) is 10.5. The number of aliphatic imine (C=N–C) groups is 1. The van der Waals surface area contributed by atoms with E-state index in [1.165, 1.54) is 0 Å². The Balaban J connectivity index is 1.83. The highest BCUT2D eigenvalue weighted by Crippen LogP contribution is 2.12. The highest BCUT2D eigenvalue weighted by molar-refractivity contribution is 6.04. The quantitative estimate of drug-likeness (QED) is 0.895. The Bertz CT molecular complexity index is 636. The molecule has 0 radical (unpaired) electrons. The lowest BCUT2D eigenvalue weighted by molar-refractivity contribution is -0.117. The molecule has 3 heterocycles. The van der Waals surface area contributed by atoms with Gasteiger partial charge in [-0.3, -0.25) is 4.79 Å². The summed E-state index contributed by atoms with van der Waals surface area (Å²) in [4.78, 5) is 27.2. The maximum absolute atomic E-state index is 11.4. The molecule has 0 spiro atoms. The summed E-state index contributed by atoms with van der Waals surface area (Å²) in [5, 5.41) is 0. The van der Waals surface area contributed by atoms with Crippen LogP contribution in [0.25, 0.3) is 17.2 Å². The van der Waals surface area contributed by atoms with Crippen molar-refractivity contribution in [2.24, 2.45) is 4.99 Å². The first-order valence-electron chi connectivity index (χ1n) is 6.40. The number of carbonyl (C=O) groups is 1. The van der Waals surface area contributed by atoms with Crippen LogP contribution in [0.15, 0.2) is 29.4 Å². The van der Waals surface area contributed by atoms with E-state index in [0.717, 1.165) is 42.0 Å². The number of carbonyl (C=O) groups excluding carboxylic acids is 1. The van der Waals surface area contributed by atoms with Gasteiger partial charge in [0.05, 0.1) is 0 Å². The van der Waals surface area contributed by atoms with Crippen LogP contribution < -0.4 is 0 Å². The largest absolute Gasteiger partial charge is 0.323 e. The molecule has 2 aromatic rings. The van der Waals surface area contributed by atoms with Crippen molar-refractivity contribution in [1.82, 2.24) is 15.0 Å². The van der Waals surface area contributed by atoms with Gasteiger partial charge in [-0.15, -0.1) is 0 Å². The number of imidazole rings is 1. The van der Waals surface area contributed by atoms with E-state index in [1.807, 2.05) is 24.3 Å². The SMILES string of the molecule is O=C1CCCCC(C=Cc2nc3cccnc3[nH]2)=N1. The average Bonchev–Trinajstić information content (AvgIpc) is 2.72. The molecule has 1 N–H and O–H groups in total. The molecular weight excluding hydrogens is 240 g/mol. The minimum absolute atomic E-state index is 0.0246. The molecule has 0 aliphatic carbocycles. The minimum Gasteiger partial charge on any atom is -0.323 e. The Labute approximate surface area is 110 Å². The molecule has 3 rings (SSSR count). The number of rotatable bonds is 2. The highest BCUT2D eigenvalue weighted by Gasteiger charge is 2.07. The molecule has 19 heavy (non-hydrogen) atoms. The number of aromatic amines is 1. The second-order valence-corrected chi connectivity index (χ2v) is 4.53. The number of hydrogen-bond donors (Lipinski definition) is 1. The summed E-state index contributed by atoms with van der Waals surface area (Å²) in [6, 6.07) is 3.76. The second kappa shape index (κ2) is 5.14. The molecule has 1 aliphatic heterocycles. The van der Waals surface area contributed by atoms with Crippen molar-refractivity contribution in [3.05, 3.63) is 30.2 Å².